The van der Waals surface area contributed by atoms with E-state index in [0.717, 1.165) is 0 Å². The molecule has 1 aliphatic carbocycles. The van der Waals surface area contributed by atoms with Crippen LogP contribution >= 0.6 is 0 Å². The maximum Gasteiger partial charge on any atom is 0.206 e. The standard InChI is InChI=1S/C13H28N4O2/c1-11(10-18-2)16-13(17-14)15-8-9-19-12-6-4-3-5-7-12/h11-12H,3-10,14H2,1-2H3,(H2,15,16,17). The third-order valence-electron chi connectivity index (χ3n) is 3.20. The van der Waals surface area contributed by atoms with Gasteiger partial charge in [-0.3, -0.25) is 5.43 Å². The molecule has 6 nitrogen and oxygen atoms in total. The van der Waals surface area contributed by atoms with Gasteiger partial charge in [0.25, 0.3) is 0 Å². The highest BCUT2D eigenvalue weighted by molar-refractivity contribution is 5.79. The molecule has 0 aliphatic heterocycles. The van der Waals surface area contributed by atoms with E-state index in [0.29, 0.717) is 31.8 Å². The Kier molecular flexibility index (Phi) is 8.53. The van der Waals surface area contributed by atoms with Gasteiger partial charge in [0, 0.05) is 13.2 Å². The first-order valence-electron chi connectivity index (χ1n) is 7.14. The number of guanidine groups is 1. The van der Waals surface area contributed by atoms with Gasteiger partial charge in [0.1, 0.15) is 0 Å². The maximum atomic E-state index is 5.80. The SMILES string of the molecule is COCC(C)NC(=NCCOC1CCCCC1)NN. The summed E-state index contributed by atoms with van der Waals surface area (Å²) >= 11 is 0. The fraction of sp³-hybridized carbons (Fsp3) is 0.923. The zero-order chi connectivity index (χ0) is 13.9. The van der Waals surface area contributed by atoms with Crippen LogP contribution in [0.2, 0.25) is 0 Å². The summed E-state index contributed by atoms with van der Waals surface area (Å²) in [5.41, 5.74) is 2.56. The lowest BCUT2D eigenvalue weighted by Crippen LogP contribution is -2.47. The largest absolute Gasteiger partial charge is 0.383 e. The molecule has 19 heavy (non-hydrogen) atoms. The summed E-state index contributed by atoms with van der Waals surface area (Å²) in [5.74, 6) is 6.00. The number of ether oxygens (including phenoxy) is 2. The number of nitrogens with two attached hydrogens (primary N) is 1. The van der Waals surface area contributed by atoms with Crippen molar-refractivity contribution in [1.82, 2.24) is 10.7 Å². The van der Waals surface area contributed by atoms with Gasteiger partial charge in [-0.15, -0.1) is 0 Å². The van der Waals surface area contributed by atoms with E-state index in [2.05, 4.69) is 15.7 Å². The molecular formula is C13H28N4O2. The Morgan fingerprint density at radius 3 is 2.74 bits per heavy atom. The molecular weight excluding hydrogens is 244 g/mol. The second kappa shape index (κ2) is 10.00. The number of nitrogens with one attached hydrogen (secondary N) is 2. The molecule has 112 valence electrons. The lowest BCUT2D eigenvalue weighted by molar-refractivity contribution is 0.0334. The minimum Gasteiger partial charge on any atom is -0.383 e. The molecule has 1 rings (SSSR count). The maximum absolute atomic E-state index is 5.80. The molecule has 4 N–H and O–H groups in total. The van der Waals surface area contributed by atoms with Crippen molar-refractivity contribution in [3.05, 3.63) is 0 Å². The molecule has 0 radical (unpaired) electrons. The van der Waals surface area contributed by atoms with Crippen molar-refractivity contribution in [3.8, 4) is 0 Å². The Hall–Kier alpha value is -0.850. The van der Waals surface area contributed by atoms with Crippen molar-refractivity contribution in [2.45, 2.75) is 51.2 Å². The topological polar surface area (TPSA) is 80.9 Å². The van der Waals surface area contributed by atoms with Crippen LogP contribution in [0.1, 0.15) is 39.0 Å². The summed E-state index contributed by atoms with van der Waals surface area (Å²) in [6.45, 7) is 3.88. The van der Waals surface area contributed by atoms with Gasteiger partial charge < -0.3 is 14.8 Å². The third kappa shape index (κ3) is 7.34. The lowest BCUT2D eigenvalue weighted by atomic mass is 9.98. The molecule has 6 heteroatoms. The first kappa shape index (κ1) is 16.2. The second-order valence-electron chi connectivity index (χ2n) is 5.01. The number of rotatable bonds is 7. The minimum atomic E-state index is 0.166. The van der Waals surface area contributed by atoms with Gasteiger partial charge >= 0.3 is 0 Å². The van der Waals surface area contributed by atoms with Gasteiger partial charge in [-0.25, -0.2) is 10.8 Å². The summed E-state index contributed by atoms with van der Waals surface area (Å²) in [5, 5.41) is 3.14. The summed E-state index contributed by atoms with van der Waals surface area (Å²) < 4.78 is 10.8. The first-order chi connectivity index (χ1) is 9.26. The molecule has 1 unspecified atom stereocenters. The molecule has 0 aromatic heterocycles. The molecule has 1 aliphatic rings. The predicted octanol–water partition coefficient (Wildman–Crippen LogP) is 0.780. The lowest BCUT2D eigenvalue weighted by Gasteiger charge is -2.21. The zero-order valence-electron chi connectivity index (χ0n) is 12.2. The molecule has 0 heterocycles. The van der Waals surface area contributed by atoms with E-state index < -0.39 is 0 Å². The average Bonchev–Trinajstić information content (AvgIpc) is 2.43. The van der Waals surface area contributed by atoms with Gasteiger partial charge in [-0.2, -0.15) is 0 Å². The first-order valence-corrected chi connectivity index (χ1v) is 7.14. The highest BCUT2D eigenvalue weighted by Gasteiger charge is 2.13. The highest BCUT2D eigenvalue weighted by atomic mass is 16.5. The summed E-state index contributed by atoms with van der Waals surface area (Å²) in [7, 11) is 1.67. The number of hydrazine groups is 1. The van der Waals surface area contributed by atoms with Crippen molar-refractivity contribution in [2.24, 2.45) is 10.8 Å². The van der Waals surface area contributed by atoms with Crippen LogP contribution in [0, 0.1) is 0 Å². The van der Waals surface area contributed by atoms with Crippen LogP contribution in [0.4, 0.5) is 0 Å². The van der Waals surface area contributed by atoms with Crippen LogP contribution in [0.5, 0.6) is 0 Å². The number of hydrogen-bond donors (Lipinski definition) is 3. The van der Waals surface area contributed by atoms with Gasteiger partial charge in [0.05, 0.1) is 25.9 Å². The van der Waals surface area contributed by atoms with E-state index >= 15 is 0 Å². The molecule has 1 saturated carbocycles. The van der Waals surface area contributed by atoms with Crippen molar-refractivity contribution in [2.75, 3.05) is 26.9 Å². The summed E-state index contributed by atoms with van der Waals surface area (Å²) in [6, 6.07) is 0.166. The predicted molar refractivity (Wildman–Crippen MR) is 76.9 cm³/mol. The molecule has 1 atom stereocenters. The van der Waals surface area contributed by atoms with E-state index in [9.17, 15) is 0 Å². The number of hydrogen-bond acceptors (Lipinski definition) is 4. The van der Waals surface area contributed by atoms with E-state index in [1.165, 1.54) is 32.1 Å². The van der Waals surface area contributed by atoms with Gasteiger partial charge in [-0.1, -0.05) is 19.3 Å². The molecule has 0 bridgehead atoms. The van der Waals surface area contributed by atoms with Crippen LogP contribution in [0.25, 0.3) is 0 Å². The fourth-order valence-electron chi connectivity index (χ4n) is 2.27. The highest BCUT2D eigenvalue weighted by Crippen LogP contribution is 2.19. The third-order valence-corrected chi connectivity index (χ3v) is 3.20. The van der Waals surface area contributed by atoms with E-state index in [1.807, 2.05) is 6.92 Å². The van der Waals surface area contributed by atoms with E-state index in [4.69, 9.17) is 15.3 Å². The Bertz CT molecular complexity index is 255. The van der Waals surface area contributed by atoms with Crippen LogP contribution < -0.4 is 16.6 Å². The average molecular weight is 272 g/mol. The number of nitrogens with zero attached hydrogens (tertiary/aromatic N) is 1. The van der Waals surface area contributed by atoms with Crippen LogP contribution in [0.3, 0.4) is 0 Å². The number of methoxy groups -OCH3 is 1. The smallest absolute Gasteiger partial charge is 0.206 e. The Balaban J connectivity index is 2.16. The zero-order valence-corrected chi connectivity index (χ0v) is 12.2. The molecule has 0 aromatic rings. The Labute approximate surface area is 116 Å². The molecule has 0 aromatic carbocycles. The number of aliphatic imine (C=N–C) groups is 1. The van der Waals surface area contributed by atoms with Crippen molar-refractivity contribution in [3.63, 3.8) is 0 Å². The quantitative estimate of drug-likeness (QED) is 0.210. The van der Waals surface area contributed by atoms with E-state index in [-0.39, 0.29) is 6.04 Å². The van der Waals surface area contributed by atoms with Crippen LogP contribution in [0.15, 0.2) is 4.99 Å². The molecule has 0 spiro atoms. The van der Waals surface area contributed by atoms with Gasteiger partial charge in [0.15, 0.2) is 0 Å². The van der Waals surface area contributed by atoms with E-state index in [1.54, 1.807) is 7.11 Å². The van der Waals surface area contributed by atoms with Crippen molar-refractivity contribution >= 4 is 5.96 Å². The summed E-state index contributed by atoms with van der Waals surface area (Å²) in [4.78, 5) is 4.34. The van der Waals surface area contributed by atoms with Crippen LogP contribution in [-0.4, -0.2) is 45.0 Å². The normalized spacial score (nSPS) is 19.2. The van der Waals surface area contributed by atoms with Gasteiger partial charge in [0.2, 0.25) is 5.96 Å². The Morgan fingerprint density at radius 2 is 2.11 bits per heavy atom. The van der Waals surface area contributed by atoms with Crippen molar-refractivity contribution < 1.29 is 9.47 Å². The molecule has 0 amide bonds. The summed E-state index contributed by atoms with van der Waals surface area (Å²) in [6.07, 6.45) is 6.74. The molecule has 1 fully saturated rings. The second-order valence-corrected chi connectivity index (χ2v) is 5.01. The van der Waals surface area contributed by atoms with Crippen molar-refractivity contribution in [1.29, 1.82) is 0 Å². The monoisotopic (exact) mass is 272 g/mol. The molecule has 0 saturated heterocycles. The van der Waals surface area contributed by atoms with Crippen LogP contribution in [-0.2, 0) is 9.47 Å². The van der Waals surface area contributed by atoms with Gasteiger partial charge in [-0.05, 0) is 19.8 Å². The Morgan fingerprint density at radius 1 is 1.37 bits per heavy atom. The fourth-order valence-corrected chi connectivity index (χ4v) is 2.27. The minimum absolute atomic E-state index is 0.166.